The highest BCUT2D eigenvalue weighted by atomic mass is 35.5. The largest absolute Gasteiger partial charge is 0.496 e. The Hall–Kier alpha value is -1.85. The van der Waals surface area contributed by atoms with Crippen LogP contribution in [0, 0.1) is 5.82 Å². The molecule has 1 atom stereocenters. The van der Waals surface area contributed by atoms with Crippen LogP contribution >= 0.6 is 11.6 Å². The zero-order chi connectivity index (χ0) is 14.0. The minimum Gasteiger partial charge on any atom is -0.496 e. The first-order valence-electron chi connectivity index (χ1n) is 5.46. The highest BCUT2D eigenvalue weighted by Gasteiger charge is 2.22. The first-order chi connectivity index (χ1) is 9.04. The standard InChI is InChI=1S/C13H12ClFN2O2/c1-19-10-4-2-3-9(15)11(10)12(18)8-5-7(14)6-17-13(8)16/h2-6,12,18H,1H3,(H2,16,17). The monoisotopic (exact) mass is 282 g/mol. The van der Waals surface area contributed by atoms with Crippen LogP contribution < -0.4 is 10.5 Å². The van der Waals surface area contributed by atoms with E-state index in [9.17, 15) is 9.50 Å². The van der Waals surface area contributed by atoms with E-state index in [4.69, 9.17) is 22.1 Å². The molecule has 3 N–H and O–H groups in total. The second-order valence-electron chi connectivity index (χ2n) is 3.89. The van der Waals surface area contributed by atoms with Gasteiger partial charge in [-0.1, -0.05) is 17.7 Å². The van der Waals surface area contributed by atoms with Crippen molar-refractivity contribution in [3.63, 3.8) is 0 Å². The van der Waals surface area contributed by atoms with Crippen LogP contribution in [-0.4, -0.2) is 17.2 Å². The van der Waals surface area contributed by atoms with Crippen LogP contribution in [0.5, 0.6) is 5.75 Å². The van der Waals surface area contributed by atoms with E-state index < -0.39 is 11.9 Å². The van der Waals surface area contributed by atoms with Gasteiger partial charge in [0, 0.05) is 11.8 Å². The molecule has 1 aromatic carbocycles. The lowest BCUT2D eigenvalue weighted by molar-refractivity contribution is 0.209. The lowest BCUT2D eigenvalue weighted by Crippen LogP contribution is -2.09. The van der Waals surface area contributed by atoms with Gasteiger partial charge in [-0.2, -0.15) is 0 Å². The number of rotatable bonds is 3. The fourth-order valence-electron chi connectivity index (χ4n) is 1.80. The molecule has 0 bridgehead atoms. The molecule has 0 aliphatic heterocycles. The predicted octanol–water partition coefficient (Wildman–Crippen LogP) is 2.55. The summed E-state index contributed by atoms with van der Waals surface area (Å²) in [5.74, 6) is -0.277. The number of anilines is 1. The van der Waals surface area contributed by atoms with Gasteiger partial charge in [0.2, 0.25) is 0 Å². The van der Waals surface area contributed by atoms with E-state index in [1.807, 2.05) is 0 Å². The van der Waals surface area contributed by atoms with Crippen molar-refractivity contribution >= 4 is 17.4 Å². The number of aliphatic hydroxyl groups is 1. The van der Waals surface area contributed by atoms with Crippen LogP contribution in [0.4, 0.5) is 10.2 Å². The lowest BCUT2D eigenvalue weighted by Gasteiger charge is -2.17. The topological polar surface area (TPSA) is 68.4 Å². The van der Waals surface area contributed by atoms with E-state index in [1.54, 1.807) is 6.07 Å². The van der Waals surface area contributed by atoms with Gasteiger partial charge < -0.3 is 15.6 Å². The first kappa shape index (κ1) is 13.6. The molecular formula is C13H12ClFN2O2. The van der Waals surface area contributed by atoms with Gasteiger partial charge in [0.05, 0.1) is 17.7 Å². The number of methoxy groups -OCH3 is 1. The van der Waals surface area contributed by atoms with Crippen molar-refractivity contribution in [2.75, 3.05) is 12.8 Å². The molecule has 0 aliphatic rings. The maximum absolute atomic E-state index is 13.9. The molecule has 2 aromatic rings. The molecular weight excluding hydrogens is 271 g/mol. The van der Waals surface area contributed by atoms with Crippen LogP contribution in [0.3, 0.4) is 0 Å². The molecule has 0 aliphatic carbocycles. The molecule has 1 heterocycles. The molecule has 6 heteroatoms. The normalized spacial score (nSPS) is 12.2. The summed E-state index contributed by atoms with van der Waals surface area (Å²) >= 11 is 5.81. The Morgan fingerprint density at radius 3 is 2.89 bits per heavy atom. The minimum absolute atomic E-state index is 0.000710. The molecule has 2 rings (SSSR count). The summed E-state index contributed by atoms with van der Waals surface area (Å²) in [5.41, 5.74) is 5.91. The molecule has 4 nitrogen and oxygen atoms in total. The molecule has 0 amide bonds. The van der Waals surface area contributed by atoms with Gasteiger partial charge in [0.25, 0.3) is 0 Å². The second-order valence-corrected chi connectivity index (χ2v) is 4.32. The van der Waals surface area contributed by atoms with E-state index in [0.717, 1.165) is 0 Å². The number of halogens is 2. The number of pyridine rings is 1. The number of aliphatic hydroxyl groups excluding tert-OH is 1. The van der Waals surface area contributed by atoms with Crippen molar-refractivity contribution in [1.29, 1.82) is 0 Å². The van der Waals surface area contributed by atoms with E-state index in [1.165, 1.54) is 31.5 Å². The summed E-state index contributed by atoms with van der Waals surface area (Å²) in [7, 11) is 1.39. The minimum atomic E-state index is -1.30. The van der Waals surface area contributed by atoms with Gasteiger partial charge in [-0.3, -0.25) is 0 Å². The number of hydrogen-bond donors (Lipinski definition) is 2. The van der Waals surface area contributed by atoms with E-state index >= 15 is 0 Å². The Balaban J connectivity index is 2.55. The quantitative estimate of drug-likeness (QED) is 0.908. The number of nitrogen functional groups attached to an aromatic ring is 1. The molecule has 100 valence electrons. The fraction of sp³-hybridized carbons (Fsp3) is 0.154. The first-order valence-corrected chi connectivity index (χ1v) is 5.83. The van der Waals surface area contributed by atoms with Gasteiger partial charge in [-0.15, -0.1) is 0 Å². The summed E-state index contributed by atoms with van der Waals surface area (Å²) < 4.78 is 18.9. The number of ether oxygens (including phenoxy) is 1. The molecule has 19 heavy (non-hydrogen) atoms. The number of hydrogen-bond acceptors (Lipinski definition) is 4. The Labute approximate surface area is 114 Å². The maximum atomic E-state index is 13.9. The average molecular weight is 283 g/mol. The second kappa shape index (κ2) is 5.42. The Morgan fingerprint density at radius 1 is 1.47 bits per heavy atom. The highest BCUT2D eigenvalue weighted by molar-refractivity contribution is 6.30. The lowest BCUT2D eigenvalue weighted by atomic mass is 10.0. The molecule has 0 fully saturated rings. The van der Waals surface area contributed by atoms with Crippen molar-refractivity contribution in [2.24, 2.45) is 0 Å². The zero-order valence-corrected chi connectivity index (χ0v) is 10.9. The average Bonchev–Trinajstić information content (AvgIpc) is 2.40. The fourth-order valence-corrected chi connectivity index (χ4v) is 1.97. The number of aromatic nitrogens is 1. The molecule has 0 saturated heterocycles. The van der Waals surface area contributed by atoms with Gasteiger partial charge in [-0.05, 0) is 18.2 Å². The van der Waals surface area contributed by atoms with E-state index in [2.05, 4.69) is 4.98 Å². The van der Waals surface area contributed by atoms with Crippen molar-refractivity contribution in [3.05, 3.63) is 52.4 Å². The summed E-state index contributed by atoms with van der Waals surface area (Å²) in [6.45, 7) is 0. The van der Waals surface area contributed by atoms with Crippen molar-refractivity contribution in [3.8, 4) is 5.75 Å². The summed E-state index contributed by atoms with van der Waals surface area (Å²) in [6, 6.07) is 5.72. The molecule has 1 aromatic heterocycles. The predicted molar refractivity (Wildman–Crippen MR) is 70.7 cm³/mol. The third kappa shape index (κ3) is 2.62. The van der Waals surface area contributed by atoms with E-state index in [-0.39, 0.29) is 22.7 Å². The molecule has 0 spiro atoms. The van der Waals surface area contributed by atoms with Crippen molar-refractivity contribution in [1.82, 2.24) is 4.98 Å². The number of nitrogens with zero attached hydrogens (tertiary/aromatic N) is 1. The van der Waals surface area contributed by atoms with E-state index in [0.29, 0.717) is 5.02 Å². The Bertz CT molecular complexity index is 607. The summed E-state index contributed by atoms with van der Waals surface area (Å²) in [5, 5.41) is 10.6. The highest BCUT2D eigenvalue weighted by Crippen LogP contribution is 2.34. The van der Waals surface area contributed by atoms with Crippen LogP contribution in [0.15, 0.2) is 30.5 Å². The van der Waals surface area contributed by atoms with Gasteiger partial charge in [-0.25, -0.2) is 9.37 Å². The van der Waals surface area contributed by atoms with Crippen molar-refractivity contribution in [2.45, 2.75) is 6.10 Å². The zero-order valence-electron chi connectivity index (χ0n) is 10.1. The van der Waals surface area contributed by atoms with Crippen LogP contribution in [0.25, 0.3) is 0 Å². The number of nitrogens with two attached hydrogens (primary N) is 1. The maximum Gasteiger partial charge on any atom is 0.133 e. The van der Waals surface area contributed by atoms with Crippen molar-refractivity contribution < 1.29 is 14.2 Å². The summed E-state index contributed by atoms with van der Waals surface area (Å²) in [4.78, 5) is 3.83. The molecule has 0 saturated carbocycles. The van der Waals surface area contributed by atoms with Gasteiger partial charge in [0.15, 0.2) is 0 Å². The van der Waals surface area contributed by atoms with Gasteiger partial charge in [0.1, 0.15) is 23.5 Å². The number of benzene rings is 1. The van der Waals surface area contributed by atoms with Crippen LogP contribution in [0.1, 0.15) is 17.2 Å². The van der Waals surface area contributed by atoms with Gasteiger partial charge >= 0.3 is 0 Å². The molecule has 0 radical (unpaired) electrons. The Kier molecular flexibility index (Phi) is 3.87. The SMILES string of the molecule is COc1cccc(F)c1C(O)c1cc(Cl)cnc1N. The smallest absolute Gasteiger partial charge is 0.133 e. The Morgan fingerprint density at radius 2 is 2.21 bits per heavy atom. The van der Waals surface area contributed by atoms with Crippen LogP contribution in [-0.2, 0) is 0 Å². The third-order valence-corrected chi connectivity index (χ3v) is 2.92. The third-order valence-electron chi connectivity index (χ3n) is 2.72. The summed E-state index contributed by atoms with van der Waals surface area (Å²) in [6.07, 6.45) is 0.0495. The van der Waals surface area contributed by atoms with Crippen LogP contribution in [0.2, 0.25) is 5.02 Å². The molecule has 1 unspecified atom stereocenters.